The first kappa shape index (κ1) is 9.99. The average Bonchev–Trinajstić information content (AvgIpc) is 2.49. The summed E-state index contributed by atoms with van der Waals surface area (Å²) < 4.78 is 0.766. The molecule has 4 heteroatoms. The highest BCUT2D eigenvalue weighted by Crippen LogP contribution is 2.29. The molecule has 0 bridgehead atoms. The lowest BCUT2D eigenvalue weighted by molar-refractivity contribution is 0.253. The van der Waals surface area contributed by atoms with Crippen molar-refractivity contribution < 1.29 is 5.11 Å². The van der Waals surface area contributed by atoms with Crippen LogP contribution in [-0.4, -0.2) is 17.8 Å². The van der Waals surface area contributed by atoms with Gasteiger partial charge in [0.2, 0.25) is 0 Å². The molecule has 0 radical (unpaired) electrons. The zero-order valence-corrected chi connectivity index (χ0v) is 8.40. The molecule has 2 atom stereocenters. The van der Waals surface area contributed by atoms with Crippen LogP contribution in [0.25, 0.3) is 0 Å². The Labute approximate surface area is 81.0 Å². The Morgan fingerprint density at radius 3 is 2.75 bits per heavy atom. The maximum atomic E-state index is 8.82. The summed E-state index contributed by atoms with van der Waals surface area (Å²) in [7, 11) is 0. The van der Waals surface area contributed by atoms with Gasteiger partial charge in [-0.3, -0.25) is 0 Å². The van der Waals surface area contributed by atoms with Crippen LogP contribution >= 0.6 is 22.9 Å². The second kappa shape index (κ2) is 4.23. The van der Waals surface area contributed by atoms with Crippen molar-refractivity contribution in [3.05, 3.63) is 21.3 Å². The number of hydrogen-bond donors (Lipinski definition) is 2. The fourth-order valence-corrected chi connectivity index (χ4v) is 2.13. The molecule has 3 N–H and O–H groups in total. The largest absolute Gasteiger partial charge is 0.395 e. The lowest BCUT2D eigenvalue weighted by atomic mass is 10.0. The summed E-state index contributed by atoms with van der Waals surface area (Å²) in [6.07, 6.45) is 0. The average molecular weight is 206 g/mol. The van der Waals surface area contributed by atoms with Gasteiger partial charge in [-0.05, 0) is 12.1 Å². The molecule has 0 spiro atoms. The lowest BCUT2D eigenvalue weighted by Crippen LogP contribution is -2.29. The minimum Gasteiger partial charge on any atom is -0.395 e. The first-order chi connectivity index (χ1) is 5.65. The highest BCUT2D eigenvalue weighted by atomic mass is 35.5. The van der Waals surface area contributed by atoms with Gasteiger partial charge in [0.25, 0.3) is 0 Å². The van der Waals surface area contributed by atoms with Gasteiger partial charge < -0.3 is 10.8 Å². The molecule has 1 aromatic rings. The summed E-state index contributed by atoms with van der Waals surface area (Å²) in [5.74, 6) is 0.174. The molecule has 1 heterocycles. The zero-order chi connectivity index (χ0) is 9.14. The minimum atomic E-state index is -0.195. The first-order valence-electron chi connectivity index (χ1n) is 3.77. The molecule has 68 valence electrons. The van der Waals surface area contributed by atoms with Gasteiger partial charge in [0, 0.05) is 16.8 Å². The van der Waals surface area contributed by atoms with E-state index in [0.717, 1.165) is 9.21 Å². The second-order valence-electron chi connectivity index (χ2n) is 2.78. The Kier molecular flexibility index (Phi) is 3.53. The van der Waals surface area contributed by atoms with Crippen molar-refractivity contribution in [2.24, 2.45) is 5.73 Å². The third-order valence-electron chi connectivity index (χ3n) is 1.90. The van der Waals surface area contributed by atoms with E-state index in [9.17, 15) is 0 Å². The van der Waals surface area contributed by atoms with Crippen LogP contribution < -0.4 is 5.73 Å². The van der Waals surface area contributed by atoms with Crippen LogP contribution in [-0.2, 0) is 0 Å². The van der Waals surface area contributed by atoms with Gasteiger partial charge in [0.15, 0.2) is 0 Å². The number of aliphatic hydroxyl groups is 1. The summed E-state index contributed by atoms with van der Waals surface area (Å²) >= 11 is 7.28. The van der Waals surface area contributed by atoms with E-state index in [4.69, 9.17) is 22.4 Å². The second-order valence-corrected chi connectivity index (χ2v) is 4.52. The van der Waals surface area contributed by atoms with Crippen LogP contribution in [0, 0.1) is 0 Å². The van der Waals surface area contributed by atoms with Crippen molar-refractivity contribution in [1.29, 1.82) is 0 Å². The summed E-state index contributed by atoms with van der Waals surface area (Å²) in [5.41, 5.74) is 5.67. The zero-order valence-electron chi connectivity index (χ0n) is 6.83. The van der Waals surface area contributed by atoms with Crippen molar-refractivity contribution in [3.8, 4) is 0 Å². The van der Waals surface area contributed by atoms with E-state index in [1.807, 2.05) is 19.1 Å². The van der Waals surface area contributed by atoms with Gasteiger partial charge >= 0.3 is 0 Å². The quantitative estimate of drug-likeness (QED) is 0.791. The van der Waals surface area contributed by atoms with E-state index in [1.54, 1.807) is 0 Å². The Bertz CT molecular complexity index is 251. The van der Waals surface area contributed by atoms with Crippen LogP contribution in [0.2, 0.25) is 4.34 Å². The van der Waals surface area contributed by atoms with Crippen molar-refractivity contribution >= 4 is 22.9 Å². The molecular weight excluding hydrogens is 194 g/mol. The molecule has 0 aromatic carbocycles. The van der Waals surface area contributed by atoms with Crippen LogP contribution in [0.4, 0.5) is 0 Å². The van der Waals surface area contributed by atoms with E-state index in [0.29, 0.717) is 0 Å². The molecular formula is C8H12ClNOS. The maximum absolute atomic E-state index is 8.82. The Morgan fingerprint density at radius 2 is 2.33 bits per heavy atom. The highest BCUT2D eigenvalue weighted by molar-refractivity contribution is 7.16. The van der Waals surface area contributed by atoms with E-state index in [1.165, 1.54) is 11.3 Å². The fraction of sp³-hybridized carbons (Fsp3) is 0.500. The van der Waals surface area contributed by atoms with E-state index >= 15 is 0 Å². The number of halogens is 1. The molecule has 0 aliphatic heterocycles. The molecule has 1 aromatic heterocycles. The normalized spacial score (nSPS) is 16.0. The Hall–Kier alpha value is -0.0900. The minimum absolute atomic E-state index is 0.0106. The smallest absolute Gasteiger partial charge is 0.0931 e. The van der Waals surface area contributed by atoms with Gasteiger partial charge in [-0.2, -0.15) is 0 Å². The van der Waals surface area contributed by atoms with Crippen LogP contribution in [0.5, 0.6) is 0 Å². The monoisotopic (exact) mass is 205 g/mol. The van der Waals surface area contributed by atoms with Gasteiger partial charge in [-0.15, -0.1) is 11.3 Å². The SMILES string of the molecule is CC(c1ccc(Cl)s1)C(N)CO. The predicted molar refractivity (Wildman–Crippen MR) is 52.8 cm³/mol. The van der Waals surface area contributed by atoms with Gasteiger partial charge in [-0.1, -0.05) is 18.5 Å². The third kappa shape index (κ3) is 2.20. The van der Waals surface area contributed by atoms with Gasteiger partial charge in [-0.25, -0.2) is 0 Å². The molecule has 0 amide bonds. The summed E-state index contributed by atoms with van der Waals surface area (Å²) in [6.45, 7) is 2.00. The molecule has 0 aliphatic carbocycles. The maximum Gasteiger partial charge on any atom is 0.0931 e. The number of nitrogens with two attached hydrogens (primary N) is 1. The molecule has 2 unspecified atom stereocenters. The molecule has 12 heavy (non-hydrogen) atoms. The summed E-state index contributed by atoms with van der Waals surface area (Å²) in [5, 5.41) is 8.82. The van der Waals surface area contributed by atoms with Crippen molar-refractivity contribution in [1.82, 2.24) is 0 Å². The number of aliphatic hydroxyl groups excluding tert-OH is 1. The standard InChI is InChI=1S/C8H12ClNOS/c1-5(6(10)4-11)7-2-3-8(9)12-7/h2-3,5-6,11H,4,10H2,1H3. The van der Waals surface area contributed by atoms with Crippen LogP contribution in [0.1, 0.15) is 17.7 Å². The predicted octanol–water partition coefficient (Wildman–Crippen LogP) is 1.82. The van der Waals surface area contributed by atoms with E-state index in [2.05, 4.69) is 0 Å². The first-order valence-corrected chi connectivity index (χ1v) is 4.96. The third-order valence-corrected chi connectivity index (χ3v) is 3.33. The lowest BCUT2D eigenvalue weighted by Gasteiger charge is -2.15. The molecule has 0 fully saturated rings. The Morgan fingerprint density at radius 1 is 1.67 bits per heavy atom. The fourth-order valence-electron chi connectivity index (χ4n) is 0.942. The van der Waals surface area contributed by atoms with Crippen molar-refractivity contribution in [2.45, 2.75) is 18.9 Å². The van der Waals surface area contributed by atoms with Crippen LogP contribution in [0.3, 0.4) is 0 Å². The highest BCUT2D eigenvalue weighted by Gasteiger charge is 2.15. The van der Waals surface area contributed by atoms with Gasteiger partial charge in [0.05, 0.1) is 10.9 Å². The number of hydrogen-bond acceptors (Lipinski definition) is 3. The summed E-state index contributed by atoms with van der Waals surface area (Å²) in [4.78, 5) is 1.13. The summed E-state index contributed by atoms with van der Waals surface area (Å²) in [6, 6.07) is 3.61. The van der Waals surface area contributed by atoms with Crippen molar-refractivity contribution in [2.75, 3.05) is 6.61 Å². The molecule has 1 rings (SSSR count). The molecule has 0 saturated carbocycles. The number of thiophene rings is 1. The molecule has 2 nitrogen and oxygen atoms in total. The number of rotatable bonds is 3. The van der Waals surface area contributed by atoms with Gasteiger partial charge in [0.1, 0.15) is 0 Å². The topological polar surface area (TPSA) is 46.2 Å². The molecule has 0 saturated heterocycles. The van der Waals surface area contributed by atoms with Crippen LogP contribution in [0.15, 0.2) is 12.1 Å². The molecule has 0 aliphatic rings. The van der Waals surface area contributed by atoms with Crippen molar-refractivity contribution in [3.63, 3.8) is 0 Å². The Balaban J connectivity index is 2.70. The van der Waals surface area contributed by atoms with E-state index < -0.39 is 0 Å². The van der Waals surface area contributed by atoms with E-state index in [-0.39, 0.29) is 18.6 Å².